The summed E-state index contributed by atoms with van der Waals surface area (Å²) in [5.74, 6) is 0. The van der Waals surface area contributed by atoms with E-state index in [1.165, 1.54) is 11.8 Å². The number of benzene rings is 1. The molecule has 2 aliphatic heterocycles. The summed E-state index contributed by atoms with van der Waals surface area (Å²) in [4.78, 5) is 8.03. The molecular formula is C19H19BrN4O4S. The van der Waals surface area contributed by atoms with Gasteiger partial charge in [-0.15, -0.1) is 0 Å². The van der Waals surface area contributed by atoms with Crippen LogP contribution in [0, 0.1) is 6.92 Å². The summed E-state index contributed by atoms with van der Waals surface area (Å²) < 4.78 is 18.6. The third-order valence-corrected chi connectivity index (χ3v) is 6.86. The van der Waals surface area contributed by atoms with E-state index in [4.69, 9.17) is 19.7 Å². The van der Waals surface area contributed by atoms with Crippen LogP contribution in [-0.2, 0) is 14.2 Å². The zero-order valence-corrected chi connectivity index (χ0v) is 17.9. The van der Waals surface area contributed by atoms with Gasteiger partial charge in [-0.3, -0.25) is 0 Å². The van der Waals surface area contributed by atoms with E-state index in [1.54, 1.807) is 6.20 Å². The van der Waals surface area contributed by atoms with Crippen molar-refractivity contribution in [2.45, 2.75) is 47.9 Å². The predicted octanol–water partition coefficient (Wildman–Crippen LogP) is 4.12. The third-order valence-electron chi connectivity index (χ3n) is 4.78. The Morgan fingerprint density at radius 2 is 2.10 bits per heavy atom. The van der Waals surface area contributed by atoms with Gasteiger partial charge in [0.2, 0.25) is 0 Å². The van der Waals surface area contributed by atoms with Gasteiger partial charge in [0.25, 0.3) is 0 Å². The highest BCUT2D eigenvalue weighted by atomic mass is 79.9. The smallest absolute Gasteiger partial charge is 0.184 e. The van der Waals surface area contributed by atoms with Crippen molar-refractivity contribution in [2.75, 3.05) is 6.61 Å². The van der Waals surface area contributed by atoms with Crippen molar-refractivity contribution in [1.82, 2.24) is 4.98 Å². The Kier molecular flexibility index (Phi) is 6.41. The van der Waals surface area contributed by atoms with Crippen molar-refractivity contribution >= 4 is 27.7 Å². The monoisotopic (exact) mass is 478 g/mol. The molecule has 2 aliphatic rings. The number of aliphatic hydroxyl groups is 1. The number of thioether (sulfide) groups is 1. The van der Waals surface area contributed by atoms with E-state index in [0.29, 0.717) is 4.60 Å². The molecule has 0 amide bonds. The molecule has 29 heavy (non-hydrogen) atoms. The molecule has 0 bridgehead atoms. The minimum atomic E-state index is -1.06. The Bertz CT molecular complexity index is 914. The first-order chi connectivity index (χ1) is 14.1. The molecular weight excluding hydrogens is 460 g/mol. The summed E-state index contributed by atoms with van der Waals surface area (Å²) in [6.45, 7) is 2.20. The minimum absolute atomic E-state index is 0.263. The number of halogens is 1. The SMILES string of the molecule is Cc1cnc(Br)c(S[C@H]2OC3COC(c4ccccc4)O[C@@H]3[C@H](N=[N+]=[N-])C2O)c1. The Morgan fingerprint density at radius 3 is 2.86 bits per heavy atom. The second-order valence-corrected chi connectivity index (χ2v) is 8.72. The van der Waals surface area contributed by atoms with Crippen molar-refractivity contribution in [1.29, 1.82) is 0 Å². The van der Waals surface area contributed by atoms with E-state index >= 15 is 0 Å². The van der Waals surface area contributed by atoms with E-state index in [2.05, 4.69) is 30.9 Å². The summed E-state index contributed by atoms with van der Waals surface area (Å²) in [5.41, 5.74) is 10.2. The molecule has 0 saturated carbocycles. The van der Waals surface area contributed by atoms with Gasteiger partial charge in [0.05, 0.1) is 12.6 Å². The summed E-state index contributed by atoms with van der Waals surface area (Å²) >= 11 is 4.75. The van der Waals surface area contributed by atoms with Crippen molar-refractivity contribution in [3.8, 4) is 0 Å². The van der Waals surface area contributed by atoms with Crippen molar-refractivity contribution < 1.29 is 19.3 Å². The van der Waals surface area contributed by atoms with Gasteiger partial charge in [-0.1, -0.05) is 47.2 Å². The lowest BCUT2D eigenvalue weighted by molar-refractivity contribution is -0.297. The Balaban J connectivity index is 1.56. The fourth-order valence-corrected chi connectivity index (χ4v) is 5.03. The molecule has 1 aromatic carbocycles. The summed E-state index contributed by atoms with van der Waals surface area (Å²) in [6.07, 6.45) is -1.00. The van der Waals surface area contributed by atoms with Crippen LogP contribution in [0.5, 0.6) is 0 Å². The fourth-order valence-electron chi connectivity index (χ4n) is 3.38. The number of rotatable bonds is 4. The maximum atomic E-state index is 10.9. The van der Waals surface area contributed by atoms with Crippen LogP contribution in [0.15, 0.2) is 57.2 Å². The topological polar surface area (TPSA) is 110 Å². The highest BCUT2D eigenvalue weighted by Gasteiger charge is 2.49. The second kappa shape index (κ2) is 9.01. The van der Waals surface area contributed by atoms with Crippen LogP contribution < -0.4 is 0 Å². The molecule has 8 nitrogen and oxygen atoms in total. The minimum Gasteiger partial charge on any atom is -0.389 e. The van der Waals surface area contributed by atoms with Gasteiger partial charge in [0.1, 0.15) is 28.4 Å². The van der Waals surface area contributed by atoms with Crippen LogP contribution in [0.3, 0.4) is 0 Å². The van der Waals surface area contributed by atoms with Gasteiger partial charge in [0, 0.05) is 21.6 Å². The summed E-state index contributed by atoms with van der Waals surface area (Å²) in [6, 6.07) is 10.6. The fraction of sp³-hybridized carbons (Fsp3) is 0.421. The van der Waals surface area contributed by atoms with Crippen LogP contribution in [0.1, 0.15) is 17.4 Å². The normalized spacial score (nSPS) is 31.6. The van der Waals surface area contributed by atoms with Crippen LogP contribution >= 0.6 is 27.7 Å². The van der Waals surface area contributed by atoms with Crippen LogP contribution in [0.25, 0.3) is 10.4 Å². The number of aryl methyl sites for hydroxylation is 1. The molecule has 0 spiro atoms. The number of ether oxygens (including phenoxy) is 3. The lowest BCUT2D eigenvalue weighted by Crippen LogP contribution is -2.60. The molecule has 3 unspecified atom stereocenters. The second-order valence-electron chi connectivity index (χ2n) is 6.83. The lowest BCUT2D eigenvalue weighted by atomic mass is 9.97. The highest BCUT2D eigenvalue weighted by Crippen LogP contribution is 2.41. The predicted molar refractivity (Wildman–Crippen MR) is 110 cm³/mol. The van der Waals surface area contributed by atoms with Gasteiger partial charge >= 0.3 is 0 Å². The summed E-state index contributed by atoms with van der Waals surface area (Å²) in [5, 5.41) is 14.7. The zero-order valence-electron chi connectivity index (χ0n) is 15.5. The first-order valence-corrected chi connectivity index (χ1v) is 10.7. The Morgan fingerprint density at radius 1 is 1.31 bits per heavy atom. The van der Waals surface area contributed by atoms with E-state index < -0.39 is 36.1 Å². The van der Waals surface area contributed by atoms with Crippen LogP contribution in [0.4, 0.5) is 0 Å². The van der Waals surface area contributed by atoms with Gasteiger partial charge in [-0.05, 0) is 40.0 Å². The standard InChI is InChI=1S/C19H19BrN4O4S/c1-10-7-13(17(20)22-8-10)29-19-15(25)14(23-24-21)16-12(27-19)9-26-18(28-16)11-5-3-2-4-6-11/h2-8,12,14-16,18-19,25H,9H2,1H3/t12?,14-,15?,16+,18?,19-/m1/s1. The summed E-state index contributed by atoms with van der Waals surface area (Å²) in [7, 11) is 0. The van der Waals surface area contributed by atoms with E-state index in [-0.39, 0.29) is 6.61 Å². The van der Waals surface area contributed by atoms with Gasteiger partial charge in [-0.2, -0.15) is 0 Å². The van der Waals surface area contributed by atoms with Crippen molar-refractivity contribution in [2.24, 2.45) is 5.11 Å². The Hall–Kier alpha value is -1.65. The average Bonchev–Trinajstić information content (AvgIpc) is 2.74. The number of fused-ring (bicyclic) bond motifs is 1. The number of azide groups is 1. The molecule has 152 valence electrons. The third kappa shape index (κ3) is 4.44. The van der Waals surface area contributed by atoms with E-state index in [9.17, 15) is 5.11 Å². The maximum absolute atomic E-state index is 10.9. The van der Waals surface area contributed by atoms with Gasteiger partial charge in [0.15, 0.2) is 6.29 Å². The molecule has 1 aromatic heterocycles. The molecule has 2 fully saturated rings. The van der Waals surface area contributed by atoms with Crippen molar-refractivity contribution in [3.05, 3.63) is 68.8 Å². The molecule has 2 aromatic rings. The van der Waals surface area contributed by atoms with Crippen molar-refractivity contribution in [3.63, 3.8) is 0 Å². The number of aliphatic hydroxyl groups excluding tert-OH is 1. The molecule has 2 saturated heterocycles. The average molecular weight is 479 g/mol. The van der Waals surface area contributed by atoms with Crippen LogP contribution in [0.2, 0.25) is 0 Å². The number of pyridine rings is 1. The van der Waals surface area contributed by atoms with Gasteiger partial charge in [-0.25, -0.2) is 4.98 Å². The largest absolute Gasteiger partial charge is 0.389 e. The van der Waals surface area contributed by atoms with Gasteiger partial charge < -0.3 is 19.3 Å². The quantitative estimate of drug-likeness (QED) is 0.306. The molecule has 1 N–H and O–H groups in total. The number of nitrogens with zero attached hydrogens (tertiary/aromatic N) is 4. The van der Waals surface area contributed by atoms with E-state index in [1.807, 2.05) is 43.3 Å². The lowest BCUT2D eigenvalue weighted by Gasteiger charge is -2.46. The molecule has 0 aliphatic carbocycles. The molecule has 4 rings (SSSR count). The molecule has 6 atom stereocenters. The molecule has 0 radical (unpaired) electrons. The zero-order chi connectivity index (χ0) is 20.4. The highest BCUT2D eigenvalue weighted by molar-refractivity contribution is 9.10. The van der Waals surface area contributed by atoms with Crippen LogP contribution in [-0.4, -0.2) is 46.5 Å². The maximum Gasteiger partial charge on any atom is 0.184 e. The first-order valence-electron chi connectivity index (χ1n) is 9.05. The van der Waals surface area contributed by atoms with E-state index in [0.717, 1.165) is 16.0 Å². The first kappa shape index (κ1) is 20.6. The number of hydrogen-bond donors (Lipinski definition) is 1. The number of hydrogen-bond acceptors (Lipinski definition) is 7. The Labute approximate surface area is 180 Å². The number of aromatic nitrogens is 1. The molecule has 10 heteroatoms. The molecule has 3 heterocycles.